The van der Waals surface area contributed by atoms with Crippen LogP contribution in [0.2, 0.25) is 0 Å². The molecule has 0 spiro atoms. The van der Waals surface area contributed by atoms with Crippen LogP contribution in [0.3, 0.4) is 0 Å². The fourth-order valence-electron chi connectivity index (χ4n) is 2.90. The Kier molecular flexibility index (Phi) is 6.53. The Morgan fingerprint density at radius 2 is 1.92 bits per heavy atom. The van der Waals surface area contributed by atoms with Crippen molar-refractivity contribution in [2.24, 2.45) is 0 Å². The first-order chi connectivity index (χ1) is 12.2. The quantitative estimate of drug-likeness (QED) is 0.546. The number of phenols is 1. The van der Waals surface area contributed by atoms with Gasteiger partial charge in [-0.25, -0.2) is 0 Å². The van der Waals surface area contributed by atoms with E-state index >= 15 is 0 Å². The van der Waals surface area contributed by atoms with E-state index in [0.717, 1.165) is 5.56 Å². The number of aromatic hydroxyl groups is 1. The van der Waals surface area contributed by atoms with E-state index in [0.29, 0.717) is 29.7 Å². The van der Waals surface area contributed by atoms with Crippen LogP contribution in [0.1, 0.15) is 53.9 Å². The molecule has 1 atom stereocenters. The second-order valence-corrected chi connectivity index (χ2v) is 7.26. The number of nitrogens with one attached hydrogen (secondary N) is 1. The average molecular weight is 357 g/mol. The fraction of sp³-hybridized carbons (Fsp3) is 0.381. The lowest BCUT2D eigenvalue weighted by molar-refractivity contribution is 0.101. The summed E-state index contributed by atoms with van der Waals surface area (Å²) < 4.78 is 0. The number of ketones is 1. The van der Waals surface area contributed by atoms with Crippen LogP contribution >= 0.6 is 0 Å². The number of hydrogen-bond acceptors (Lipinski definition) is 5. The number of β-amino-alcohol motifs (C(OH)–C–C–N with tert-alkyl or cyclic N) is 1. The van der Waals surface area contributed by atoms with Crippen molar-refractivity contribution < 1.29 is 20.1 Å². The van der Waals surface area contributed by atoms with Crippen molar-refractivity contribution in [3.63, 3.8) is 0 Å². The number of rotatable bonds is 8. The molecule has 2 rings (SSSR count). The summed E-state index contributed by atoms with van der Waals surface area (Å²) in [5, 5.41) is 32.6. The van der Waals surface area contributed by atoms with Gasteiger partial charge < -0.3 is 20.6 Å². The largest absolute Gasteiger partial charge is 0.508 e. The molecule has 0 unspecified atom stereocenters. The van der Waals surface area contributed by atoms with Crippen LogP contribution < -0.4 is 5.32 Å². The Labute approximate surface area is 154 Å². The van der Waals surface area contributed by atoms with E-state index in [9.17, 15) is 20.1 Å². The summed E-state index contributed by atoms with van der Waals surface area (Å²) in [5.41, 5.74) is 2.49. The fourth-order valence-corrected chi connectivity index (χ4v) is 2.90. The van der Waals surface area contributed by atoms with Gasteiger partial charge in [0.15, 0.2) is 5.78 Å². The summed E-state index contributed by atoms with van der Waals surface area (Å²) >= 11 is 0. The van der Waals surface area contributed by atoms with Gasteiger partial charge in [0.25, 0.3) is 0 Å². The number of aliphatic hydroxyl groups is 2. The van der Waals surface area contributed by atoms with Crippen molar-refractivity contribution in [1.82, 2.24) is 5.32 Å². The van der Waals surface area contributed by atoms with Gasteiger partial charge in [0.2, 0.25) is 0 Å². The summed E-state index contributed by atoms with van der Waals surface area (Å²) in [5.74, 6) is 0.0575. The van der Waals surface area contributed by atoms with Gasteiger partial charge >= 0.3 is 0 Å². The smallest absolute Gasteiger partial charge is 0.159 e. The topological polar surface area (TPSA) is 89.8 Å². The summed E-state index contributed by atoms with van der Waals surface area (Å²) in [6.07, 6.45) is -0.0538. The van der Waals surface area contributed by atoms with Crippen LogP contribution in [0.25, 0.3) is 0 Å². The zero-order chi connectivity index (χ0) is 19.3. The van der Waals surface area contributed by atoms with Gasteiger partial charge in [0.05, 0.1) is 12.7 Å². The standard InChI is InChI=1S/C21H27NO4/c1-14(24)16-6-4-5-15(9-16)11-21(2,3)22-12-20(26)17-7-8-19(25)18(10-17)13-23/h4-10,20,22-23,25-26H,11-13H2,1-3H3/t20-/m0/s1. The normalized spacial score (nSPS) is 12.8. The number of hydrogen-bond donors (Lipinski definition) is 4. The maximum atomic E-state index is 11.5. The van der Waals surface area contributed by atoms with Crippen molar-refractivity contribution in [1.29, 1.82) is 0 Å². The van der Waals surface area contributed by atoms with Crippen molar-refractivity contribution in [2.75, 3.05) is 6.54 Å². The van der Waals surface area contributed by atoms with Crippen molar-refractivity contribution in [3.05, 3.63) is 64.7 Å². The first-order valence-electron chi connectivity index (χ1n) is 8.67. The summed E-state index contributed by atoms with van der Waals surface area (Å²) in [6.45, 7) is 5.68. The summed E-state index contributed by atoms with van der Waals surface area (Å²) in [4.78, 5) is 11.5. The molecule has 0 saturated carbocycles. The average Bonchev–Trinajstić information content (AvgIpc) is 2.60. The van der Waals surface area contributed by atoms with Gasteiger partial charge in [-0.3, -0.25) is 4.79 Å². The third-order valence-electron chi connectivity index (χ3n) is 4.41. The zero-order valence-corrected chi connectivity index (χ0v) is 15.5. The first kappa shape index (κ1) is 20.1. The Hall–Kier alpha value is -2.21. The molecule has 0 aliphatic carbocycles. The van der Waals surface area contributed by atoms with Gasteiger partial charge in [-0.05, 0) is 56.5 Å². The molecule has 0 saturated heterocycles. The molecule has 0 heterocycles. The molecular formula is C21H27NO4. The molecule has 2 aromatic carbocycles. The molecule has 140 valence electrons. The third kappa shape index (κ3) is 5.39. The lowest BCUT2D eigenvalue weighted by Crippen LogP contribution is -2.43. The predicted molar refractivity (Wildman–Crippen MR) is 101 cm³/mol. The minimum atomic E-state index is -0.760. The highest BCUT2D eigenvalue weighted by molar-refractivity contribution is 5.94. The van der Waals surface area contributed by atoms with E-state index in [1.165, 1.54) is 6.07 Å². The maximum absolute atomic E-state index is 11.5. The molecule has 0 aromatic heterocycles. The molecule has 2 aromatic rings. The molecule has 0 amide bonds. The van der Waals surface area contributed by atoms with E-state index < -0.39 is 6.10 Å². The van der Waals surface area contributed by atoms with Crippen LogP contribution in [-0.4, -0.2) is 33.2 Å². The van der Waals surface area contributed by atoms with Gasteiger partial charge in [-0.1, -0.05) is 24.3 Å². The van der Waals surface area contributed by atoms with E-state index in [-0.39, 0.29) is 23.7 Å². The predicted octanol–water partition coefficient (Wildman–Crippen LogP) is 2.73. The minimum Gasteiger partial charge on any atom is -0.508 e. The SMILES string of the molecule is CC(=O)c1cccc(CC(C)(C)NC[C@H](O)c2ccc(O)c(CO)c2)c1. The van der Waals surface area contributed by atoms with Gasteiger partial charge in [0.1, 0.15) is 5.75 Å². The number of benzene rings is 2. The van der Waals surface area contributed by atoms with E-state index in [1.807, 2.05) is 32.0 Å². The van der Waals surface area contributed by atoms with Crippen LogP contribution in [0, 0.1) is 0 Å². The molecule has 0 bridgehead atoms. The van der Waals surface area contributed by atoms with Crippen molar-refractivity contribution in [3.8, 4) is 5.75 Å². The Morgan fingerprint density at radius 3 is 2.58 bits per heavy atom. The Balaban J connectivity index is 2.00. The summed E-state index contributed by atoms with van der Waals surface area (Å²) in [6, 6.07) is 12.3. The molecule has 4 N–H and O–H groups in total. The number of Topliss-reactive ketones (excluding diaryl/α,β-unsaturated/α-hetero) is 1. The molecule has 5 nitrogen and oxygen atoms in total. The number of carbonyl (C=O) groups is 1. The Bertz CT molecular complexity index is 770. The molecule has 0 aliphatic rings. The molecule has 0 radical (unpaired) electrons. The lowest BCUT2D eigenvalue weighted by Gasteiger charge is -2.28. The highest BCUT2D eigenvalue weighted by atomic mass is 16.3. The van der Waals surface area contributed by atoms with Crippen LogP contribution in [0.5, 0.6) is 5.75 Å². The number of carbonyl (C=O) groups excluding carboxylic acids is 1. The molecule has 26 heavy (non-hydrogen) atoms. The highest BCUT2D eigenvalue weighted by Gasteiger charge is 2.20. The van der Waals surface area contributed by atoms with E-state index in [4.69, 9.17) is 0 Å². The third-order valence-corrected chi connectivity index (χ3v) is 4.41. The molecule has 5 heteroatoms. The van der Waals surface area contributed by atoms with E-state index in [2.05, 4.69) is 5.32 Å². The number of aliphatic hydroxyl groups excluding tert-OH is 2. The molecule has 0 fully saturated rings. The van der Waals surface area contributed by atoms with Gasteiger partial charge in [-0.15, -0.1) is 0 Å². The zero-order valence-electron chi connectivity index (χ0n) is 15.5. The first-order valence-corrected chi connectivity index (χ1v) is 8.67. The van der Waals surface area contributed by atoms with Crippen LogP contribution in [0.15, 0.2) is 42.5 Å². The molecular weight excluding hydrogens is 330 g/mol. The highest BCUT2D eigenvalue weighted by Crippen LogP contribution is 2.23. The summed E-state index contributed by atoms with van der Waals surface area (Å²) in [7, 11) is 0. The maximum Gasteiger partial charge on any atom is 0.159 e. The lowest BCUT2D eigenvalue weighted by atomic mass is 9.93. The second kappa shape index (κ2) is 8.45. The van der Waals surface area contributed by atoms with Crippen LogP contribution in [-0.2, 0) is 13.0 Å². The van der Waals surface area contributed by atoms with Crippen LogP contribution in [0.4, 0.5) is 0 Å². The second-order valence-electron chi connectivity index (χ2n) is 7.26. The van der Waals surface area contributed by atoms with Gasteiger partial charge in [-0.2, -0.15) is 0 Å². The van der Waals surface area contributed by atoms with Gasteiger partial charge in [0, 0.05) is 23.2 Å². The monoisotopic (exact) mass is 357 g/mol. The minimum absolute atomic E-state index is 0.0158. The molecule has 0 aliphatic heterocycles. The van der Waals surface area contributed by atoms with Crippen molar-refractivity contribution >= 4 is 5.78 Å². The Morgan fingerprint density at radius 1 is 1.19 bits per heavy atom. The van der Waals surface area contributed by atoms with Crippen molar-refractivity contribution in [2.45, 2.75) is 45.4 Å². The van der Waals surface area contributed by atoms with E-state index in [1.54, 1.807) is 25.1 Å².